The summed E-state index contributed by atoms with van der Waals surface area (Å²) in [6.07, 6.45) is 0.999. The Morgan fingerprint density at radius 1 is 1.10 bits per heavy atom. The molecule has 1 aromatic carbocycles. The summed E-state index contributed by atoms with van der Waals surface area (Å²) >= 11 is 3.24. The summed E-state index contributed by atoms with van der Waals surface area (Å²) in [5.41, 5.74) is 1.50. The van der Waals surface area contributed by atoms with Crippen LogP contribution in [0.5, 0.6) is 0 Å². The number of rotatable bonds is 5. The Bertz CT molecular complexity index is 603. The van der Waals surface area contributed by atoms with E-state index in [1.807, 2.05) is 6.07 Å². The second kappa shape index (κ2) is 6.80. The Morgan fingerprint density at radius 2 is 1.76 bits per heavy atom. The van der Waals surface area contributed by atoms with Crippen LogP contribution in [0.1, 0.15) is 47.8 Å². The second-order valence-corrected chi connectivity index (χ2v) is 8.32. The van der Waals surface area contributed by atoms with Crippen LogP contribution in [0.4, 0.5) is 0 Å². The van der Waals surface area contributed by atoms with Gasteiger partial charge >= 0.3 is 0 Å². The van der Waals surface area contributed by atoms with E-state index in [4.69, 9.17) is 0 Å². The first kappa shape index (κ1) is 16.3. The van der Waals surface area contributed by atoms with Crippen molar-refractivity contribution < 1.29 is 4.79 Å². The van der Waals surface area contributed by atoms with Gasteiger partial charge in [-0.3, -0.25) is 4.79 Å². The van der Waals surface area contributed by atoms with Crippen LogP contribution < -0.4 is 0 Å². The smallest absolute Gasteiger partial charge is 0.182 e. The van der Waals surface area contributed by atoms with E-state index in [0.29, 0.717) is 5.75 Å². The number of thioether (sulfide) groups is 1. The van der Waals surface area contributed by atoms with Gasteiger partial charge in [0, 0.05) is 9.77 Å². The lowest BCUT2D eigenvalue weighted by Gasteiger charge is -2.18. The normalized spacial score (nSPS) is 11.6. The third-order valence-corrected chi connectivity index (χ3v) is 5.66. The highest BCUT2D eigenvalue weighted by Gasteiger charge is 2.13. The first-order chi connectivity index (χ1) is 9.90. The molecule has 1 aromatic heterocycles. The predicted octanol–water partition coefficient (Wildman–Crippen LogP) is 5.58. The number of thiophene rings is 1. The molecule has 0 aliphatic carbocycles. The maximum absolute atomic E-state index is 12.2. The lowest BCUT2D eigenvalue weighted by molar-refractivity contribution is 0.102. The van der Waals surface area contributed by atoms with Crippen LogP contribution in [0.2, 0.25) is 0 Å². The third-order valence-electron chi connectivity index (χ3n) is 3.38. The van der Waals surface area contributed by atoms with Crippen molar-refractivity contribution in [1.29, 1.82) is 0 Å². The minimum atomic E-state index is 0.173. The molecule has 0 saturated carbocycles. The van der Waals surface area contributed by atoms with E-state index in [0.717, 1.165) is 16.2 Å². The Labute approximate surface area is 135 Å². The molecule has 3 heteroatoms. The molecule has 0 spiro atoms. The molecular weight excluding hydrogens is 296 g/mol. The monoisotopic (exact) mass is 318 g/mol. The van der Waals surface area contributed by atoms with Crippen LogP contribution in [-0.2, 0) is 11.8 Å². The fourth-order valence-corrected chi connectivity index (χ4v) is 3.75. The number of hydrogen-bond donors (Lipinski definition) is 0. The molecule has 2 aromatic rings. The van der Waals surface area contributed by atoms with Crippen molar-refractivity contribution in [2.75, 3.05) is 5.75 Å². The van der Waals surface area contributed by atoms with Gasteiger partial charge in [-0.25, -0.2) is 0 Å². The van der Waals surface area contributed by atoms with E-state index in [1.165, 1.54) is 10.4 Å². The van der Waals surface area contributed by atoms with Crippen LogP contribution in [0.25, 0.3) is 0 Å². The number of ketones is 1. The molecule has 1 heterocycles. The molecule has 0 saturated heterocycles. The molecule has 0 aliphatic heterocycles. The van der Waals surface area contributed by atoms with E-state index < -0.39 is 0 Å². The number of Topliss-reactive ketones (excluding diaryl/α,β-unsaturated/α-hetero) is 1. The molecule has 1 nitrogen and oxygen atoms in total. The molecule has 0 amide bonds. The largest absolute Gasteiger partial charge is 0.292 e. The van der Waals surface area contributed by atoms with Gasteiger partial charge in [-0.15, -0.1) is 23.1 Å². The molecule has 2 rings (SSSR count). The highest BCUT2D eigenvalue weighted by Crippen LogP contribution is 2.27. The standard InChI is InChI=1S/C18H22OS2/c1-5-14-10-11-17(21-14)16(19)12-20-15-8-6-13(7-9-15)18(2,3)4/h6-11H,5,12H2,1-4H3. The zero-order valence-electron chi connectivity index (χ0n) is 13.1. The maximum Gasteiger partial charge on any atom is 0.182 e. The van der Waals surface area contributed by atoms with E-state index >= 15 is 0 Å². The van der Waals surface area contributed by atoms with Crippen LogP contribution in [0.3, 0.4) is 0 Å². The van der Waals surface area contributed by atoms with Gasteiger partial charge in [-0.1, -0.05) is 39.8 Å². The number of carbonyl (C=O) groups is 1. The molecule has 21 heavy (non-hydrogen) atoms. The van der Waals surface area contributed by atoms with Crippen LogP contribution in [-0.4, -0.2) is 11.5 Å². The van der Waals surface area contributed by atoms with E-state index in [-0.39, 0.29) is 11.2 Å². The van der Waals surface area contributed by atoms with Crippen molar-refractivity contribution in [2.45, 2.75) is 44.4 Å². The molecule has 0 unspecified atom stereocenters. The minimum absolute atomic E-state index is 0.173. The van der Waals surface area contributed by atoms with E-state index in [2.05, 4.69) is 58.0 Å². The van der Waals surface area contributed by atoms with Crippen molar-refractivity contribution in [3.05, 3.63) is 51.7 Å². The Balaban J connectivity index is 1.95. The fourth-order valence-electron chi connectivity index (χ4n) is 1.99. The quantitative estimate of drug-likeness (QED) is 0.528. The van der Waals surface area contributed by atoms with Crippen LogP contribution in [0.15, 0.2) is 41.3 Å². The van der Waals surface area contributed by atoms with E-state index in [1.54, 1.807) is 23.1 Å². The minimum Gasteiger partial charge on any atom is -0.292 e. The number of benzene rings is 1. The summed E-state index contributed by atoms with van der Waals surface area (Å²) in [5.74, 6) is 0.739. The van der Waals surface area contributed by atoms with Gasteiger partial charge in [0.15, 0.2) is 5.78 Å². The van der Waals surface area contributed by atoms with Gasteiger partial charge < -0.3 is 0 Å². The van der Waals surface area contributed by atoms with Crippen LogP contribution in [0, 0.1) is 0 Å². The van der Waals surface area contributed by atoms with Crippen molar-refractivity contribution in [3.63, 3.8) is 0 Å². The van der Waals surface area contributed by atoms with Gasteiger partial charge in [0.1, 0.15) is 0 Å². The van der Waals surface area contributed by atoms with Crippen LogP contribution >= 0.6 is 23.1 Å². The molecule has 0 radical (unpaired) electrons. The second-order valence-electron chi connectivity index (χ2n) is 6.11. The van der Waals surface area contributed by atoms with Crippen molar-refractivity contribution in [3.8, 4) is 0 Å². The highest BCUT2D eigenvalue weighted by molar-refractivity contribution is 8.00. The Morgan fingerprint density at radius 3 is 2.29 bits per heavy atom. The molecule has 0 aliphatic rings. The predicted molar refractivity (Wildman–Crippen MR) is 93.9 cm³/mol. The Kier molecular flexibility index (Phi) is 5.28. The zero-order valence-corrected chi connectivity index (χ0v) is 14.7. The summed E-state index contributed by atoms with van der Waals surface area (Å²) < 4.78 is 0. The number of hydrogen-bond acceptors (Lipinski definition) is 3. The summed E-state index contributed by atoms with van der Waals surface area (Å²) in [6, 6.07) is 12.6. The molecule has 0 fully saturated rings. The summed E-state index contributed by atoms with van der Waals surface area (Å²) in [6.45, 7) is 8.74. The van der Waals surface area contributed by atoms with Crippen molar-refractivity contribution in [1.82, 2.24) is 0 Å². The third kappa shape index (κ3) is 4.45. The van der Waals surface area contributed by atoms with Gasteiger partial charge in [0.2, 0.25) is 0 Å². The first-order valence-electron chi connectivity index (χ1n) is 7.25. The molecule has 0 N–H and O–H groups in total. The lowest BCUT2D eigenvalue weighted by Crippen LogP contribution is -2.10. The van der Waals surface area contributed by atoms with Gasteiger partial charge in [0.05, 0.1) is 10.6 Å². The molecule has 0 atom stereocenters. The zero-order chi connectivity index (χ0) is 15.5. The van der Waals surface area contributed by atoms with Gasteiger partial charge in [-0.05, 0) is 41.7 Å². The molecule has 112 valence electrons. The van der Waals surface area contributed by atoms with Crippen molar-refractivity contribution >= 4 is 28.9 Å². The number of carbonyl (C=O) groups excluding carboxylic acids is 1. The summed E-state index contributed by atoms with van der Waals surface area (Å²) in [5, 5.41) is 0. The van der Waals surface area contributed by atoms with Gasteiger partial charge in [-0.2, -0.15) is 0 Å². The van der Waals surface area contributed by atoms with Crippen molar-refractivity contribution in [2.24, 2.45) is 0 Å². The maximum atomic E-state index is 12.2. The lowest BCUT2D eigenvalue weighted by atomic mass is 9.87. The Hall–Kier alpha value is -1.06. The van der Waals surface area contributed by atoms with Gasteiger partial charge in [0.25, 0.3) is 0 Å². The average Bonchev–Trinajstić information content (AvgIpc) is 2.93. The average molecular weight is 319 g/mol. The fraction of sp³-hybridized carbons (Fsp3) is 0.389. The summed E-state index contributed by atoms with van der Waals surface area (Å²) in [7, 11) is 0. The number of aryl methyl sites for hydroxylation is 1. The SMILES string of the molecule is CCc1ccc(C(=O)CSc2ccc(C(C)(C)C)cc2)s1. The molecular formula is C18H22OS2. The highest BCUT2D eigenvalue weighted by atomic mass is 32.2. The summed E-state index contributed by atoms with van der Waals surface area (Å²) in [4.78, 5) is 15.5. The molecule has 0 bridgehead atoms. The first-order valence-corrected chi connectivity index (χ1v) is 9.05. The van der Waals surface area contributed by atoms with E-state index in [9.17, 15) is 4.79 Å². The topological polar surface area (TPSA) is 17.1 Å².